The Morgan fingerprint density at radius 1 is 1.38 bits per heavy atom. The van der Waals surface area contributed by atoms with Crippen LogP contribution in [0.5, 0.6) is 0 Å². The van der Waals surface area contributed by atoms with Crippen molar-refractivity contribution in [3.05, 3.63) is 29.8 Å². The van der Waals surface area contributed by atoms with Crippen LogP contribution in [-0.2, 0) is 0 Å². The Kier molecular flexibility index (Phi) is 2.23. The van der Waals surface area contributed by atoms with E-state index < -0.39 is 0 Å². The van der Waals surface area contributed by atoms with Crippen molar-refractivity contribution in [3.8, 4) is 0 Å². The highest BCUT2D eigenvalue weighted by Gasteiger charge is 2.20. The van der Waals surface area contributed by atoms with Crippen LogP contribution in [0.15, 0.2) is 24.3 Å². The molecular weight excluding hydrogens is 160 g/mol. The van der Waals surface area contributed by atoms with E-state index in [1.165, 1.54) is 11.3 Å². The summed E-state index contributed by atoms with van der Waals surface area (Å²) in [6, 6.07) is 8.56. The summed E-state index contributed by atoms with van der Waals surface area (Å²) in [5.41, 5.74) is 2.72. The van der Waals surface area contributed by atoms with E-state index in [0.29, 0.717) is 6.17 Å². The Hall–Kier alpha value is -1.02. The Morgan fingerprint density at radius 2 is 2.15 bits per heavy atom. The molecule has 1 aliphatic heterocycles. The molecule has 1 N–H and O–H groups in total. The normalized spacial score (nSPS) is 22.3. The molecular formula is C11H16N2. The molecule has 1 fully saturated rings. The van der Waals surface area contributed by atoms with Crippen LogP contribution in [0.3, 0.4) is 0 Å². The second kappa shape index (κ2) is 3.38. The van der Waals surface area contributed by atoms with Crippen molar-refractivity contribution >= 4 is 5.69 Å². The third-order valence-corrected chi connectivity index (χ3v) is 2.68. The van der Waals surface area contributed by atoms with Gasteiger partial charge in [-0.1, -0.05) is 18.2 Å². The standard InChI is InChI=1S/C11H16N2/c1-9-5-3-4-6-11(9)13-8-7-12-10(13)2/h3-6,10,12H,7-8H2,1-2H3/t10-/m0/s1. The van der Waals surface area contributed by atoms with Gasteiger partial charge in [-0.15, -0.1) is 0 Å². The molecule has 1 aromatic rings. The Balaban J connectivity index is 2.29. The molecule has 2 rings (SSSR count). The molecule has 70 valence electrons. The summed E-state index contributed by atoms with van der Waals surface area (Å²) in [4.78, 5) is 2.41. The van der Waals surface area contributed by atoms with Gasteiger partial charge in [0.2, 0.25) is 0 Å². The van der Waals surface area contributed by atoms with E-state index in [1.807, 2.05) is 0 Å². The summed E-state index contributed by atoms with van der Waals surface area (Å²) in [7, 11) is 0. The molecule has 0 spiro atoms. The van der Waals surface area contributed by atoms with Crippen molar-refractivity contribution < 1.29 is 0 Å². The van der Waals surface area contributed by atoms with Crippen LogP contribution in [0.2, 0.25) is 0 Å². The average Bonchev–Trinajstić information content (AvgIpc) is 2.52. The summed E-state index contributed by atoms with van der Waals surface area (Å²) in [5, 5.41) is 3.42. The van der Waals surface area contributed by atoms with Gasteiger partial charge in [-0.05, 0) is 25.5 Å². The summed E-state index contributed by atoms with van der Waals surface area (Å²) in [6.45, 7) is 6.58. The van der Waals surface area contributed by atoms with Gasteiger partial charge in [0.1, 0.15) is 0 Å². The highest BCUT2D eigenvalue weighted by Crippen LogP contribution is 2.22. The second-order valence-corrected chi connectivity index (χ2v) is 3.61. The molecule has 1 aromatic carbocycles. The smallest absolute Gasteiger partial charge is 0.0768 e. The Morgan fingerprint density at radius 3 is 2.77 bits per heavy atom. The minimum absolute atomic E-state index is 0.473. The maximum absolute atomic E-state index is 3.42. The topological polar surface area (TPSA) is 15.3 Å². The molecule has 2 nitrogen and oxygen atoms in total. The van der Waals surface area contributed by atoms with Gasteiger partial charge in [0.15, 0.2) is 0 Å². The van der Waals surface area contributed by atoms with Crippen LogP contribution in [0, 0.1) is 6.92 Å². The summed E-state index contributed by atoms with van der Waals surface area (Å²) < 4.78 is 0. The monoisotopic (exact) mass is 176 g/mol. The minimum Gasteiger partial charge on any atom is -0.355 e. The van der Waals surface area contributed by atoms with Crippen molar-refractivity contribution in [2.45, 2.75) is 20.0 Å². The molecule has 0 radical (unpaired) electrons. The van der Waals surface area contributed by atoms with Crippen LogP contribution in [0.1, 0.15) is 12.5 Å². The van der Waals surface area contributed by atoms with Crippen molar-refractivity contribution in [3.63, 3.8) is 0 Å². The van der Waals surface area contributed by atoms with Gasteiger partial charge >= 0.3 is 0 Å². The van der Waals surface area contributed by atoms with Gasteiger partial charge in [0.05, 0.1) is 6.17 Å². The molecule has 1 saturated heterocycles. The predicted octanol–water partition coefficient (Wildman–Crippen LogP) is 1.75. The maximum Gasteiger partial charge on any atom is 0.0768 e. The number of anilines is 1. The number of aryl methyl sites for hydroxylation is 1. The van der Waals surface area contributed by atoms with E-state index >= 15 is 0 Å². The van der Waals surface area contributed by atoms with Crippen LogP contribution < -0.4 is 10.2 Å². The first-order chi connectivity index (χ1) is 6.29. The van der Waals surface area contributed by atoms with Gasteiger partial charge < -0.3 is 4.90 Å². The molecule has 1 atom stereocenters. The van der Waals surface area contributed by atoms with Crippen LogP contribution in [-0.4, -0.2) is 19.3 Å². The lowest BCUT2D eigenvalue weighted by molar-refractivity contribution is 0.660. The minimum atomic E-state index is 0.473. The molecule has 0 aliphatic carbocycles. The van der Waals surface area contributed by atoms with E-state index in [2.05, 4.69) is 48.3 Å². The first-order valence-corrected chi connectivity index (χ1v) is 4.84. The number of rotatable bonds is 1. The maximum atomic E-state index is 3.42. The average molecular weight is 176 g/mol. The lowest BCUT2D eigenvalue weighted by atomic mass is 10.2. The highest BCUT2D eigenvalue weighted by molar-refractivity contribution is 5.54. The molecule has 13 heavy (non-hydrogen) atoms. The van der Waals surface area contributed by atoms with Gasteiger partial charge in [-0.3, -0.25) is 5.32 Å². The Bertz CT molecular complexity index is 296. The third kappa shape index (κ3) is 1.54. The summed E-state index contributed by atoms with van der Waals surface area (Å²) in [5.74, 6) is 0. The number of benzene rings is 1. The first kappa shape index (κ1) is 8.57. The van der Waals surface area contributed by atoms with E-state index in [9.17, 15) is 0 Å². The number of nitrogens with zero attached hydrogens (tertiary/aromatic N) is 1. The fourth-order valence-corrected chi connectivity index (χ4v) is 1.91. The predicted molar refractivity (Wildman–Crippen MR) is 56.0 cm³/mol. The lowest BCUT2D eigenvalue weighted by Gasteiger charge is -2.24. The van der Waals surface area contributed by atoms with Gasteiger partial charge in [0, 0.05) is 18.8 Å². The van der Waals surface area contributed by atoms with Gasteiger partial charge in [0.25, 0.3) is 0 Å². The molecule has 0 saturated carbocycles. The molecule has 1 heterocycles. The zero-order chi connectivity index (χ0) is 9.26. The number of nitrogens with one attached hydrogen (secondary N) is 1. The Labute approximate surface area is 79.6 Å². The number of para-hydroxylation sites is 1. The number of hydrogen-bond donors (Lipinski definition) is 1. The van der Waals surface area contributed by atoms with Crippen LogP contribution in [0.25, 0.3) is 0 Å². The third-order valence-electron chi connectivity index (χ3n) is 2.68. The van der Waals surface area contributed by atoms with Crippen molar-refractivity contribution in [2.75, 3.05) is 18.0 Å². The van der Waals surface area contributed by atoms with Crippen molar-refractivity contribution in [1.82, 2.24) is 5.32 Å². The fraction of sp³-hybridized carbons (Fsp3) is 0.455. The van der Waals surface area contributed by atoms with Crippen molar-refractivity contribution in [2.24, 2.45) is 0 Å². The second-order valence-electron chi connectivity index (χ2n) is 3.61. The zero-order valence-corrected chi connectivity index (χ0v) is 8.25. The molecule has 0 aromatic heterocycles. The molecule has 0 bridgehead atoms. The number of hydrogen-bond acceptors (Lipinski definition) is 2. The largest absolute Gasteiger partial charge is 0.355 e. The van der Waals surface area contributed by atoms with Crippen LogP contribution in [0.4, 0.5) is 5.69 Å². The van der Waals surface area contributed by atoms with Crippen molar-refractivity contribution in [1.29, 1.82) is 0 Å². The highest BCUT2D eigenvalue weighted by atomic mass is 15.3. The SMILES string of the molecule is Cc1ccccc1N1CCN[C@@H]1C. The fourth-order valence-electron chi connectivity index (χ4n) is 1.91. The van der Waals surface area contributed by atoms with E-state index in [1.54, 1.807) is 0 Å². The zero-order valence-electron chi connectivity index (χ0n) is 8.25. The molecule has 0 amide bonds. The first-order valence-electron chi connectivity index (χ1n) is 4.84. The summed E-state index contributed by atoms with van der Waals surface area (Å²) in [6.07, 6.45) is 0.473. The quantitative estimate of drug-likeness (QED) is 0.701. The van der Waals surface area contributed by atoms with E-state index in [-0.39, 0.29) is 0 Å². The van der Waals surface area contributed by atoms with Crippen LogP contribution >= 0.6 is 0 Å². The van der Waals surface area contributed by atoms with Gasteiger partial charge in [-0.2, -0.15) is 0 Å². The van der Waals surface area contributed by atoms with E-state index in [4.69, 9.17) is 0 Å². The molecule has 1 aliphatic rings. The molecule has 2 heteroatoms. The molecule has 0 unspecified atom stereocenters. The summed E-state index contributed by atoms with van der Waals surface area (Å²) >= 11 is 0. The lowest BCUT2D eigenvalue weighted by Crippen LogP contribution is -2.32. The van der Waals surface area contributed by atoms with Gasteiger partial charge in [-0.25, -0.2) is 0 Å². The van der Waals surface area contributed by atoms with E-state index in [0.717, 1.165) is 13.1 Å².